The Balaban J connectivity index is 0.00000264. The van der Waals surface area contributed by atoms with E-state index >= 15 is 0 Å². The topological polar surface area (TPSA) is 98.1 Å². The smallest absolute Gasteiger partial charge is 0.748 e. The maximum Gasteiger partial charge on any atom is 1.00 e. The van der Waals surface area contributed by atoms with Crippen LogP contribution in [0.1, 0.15) is 27.0 Å². The second kappa shape index (κ2) is 7.81. The molecule has 0 atom stereocenters. The summed E-state index contributed by atoms with van der Waals surface area (Å²) in [4.78, 5) is 12.4. The van der Waals surface area contributed by atoms with Gasteiger partial charge in [0, 0.05) is 11.1 Å². The molecule has 0 amide bonds. The zero-order valence-electron chi connectivity index (χ0n) is 12.1. The SMILES string of the molecule is N#Cc1ccc(C(=O)c2ccc(F)cc2)c(CS(=O)(=O)[O-])c1.[Na+]. The third kappa shape index (κ3) is 5.23. The minimum absolute atomic E-state index is 0. The summed E-state index contributed by atoms with van der Waals surface area (Å²) in [6, 6.07) is 10.3. The van der Waals surface area contributed by atoms with E-state index in [1.807, 2.05) is 6.07 Å². The van der Waals surface area contributed by atoms with Gasteiger partial charge in [0.25, 0.3) is 0 Å². The van der Waals surface area contributed by atoms with Crippen LogP contribution in [0.25, 0.3) is 0 Å². The number of halogens is 1. The quantitative estimate of drug-likeness (QED) is 0.403. The van der Waals surface area contributed by atoms with Gasteiger partial charge < -0.3 is 4.55 Å². The van der Waals surface area contributed by atoms with Crippen LogP contribution in [0.3, 0.4) is 0 Å². The van der Waals surface area contributed by atoms with Gasteiger partial charge in [-0.3, -0.25) is 4.79 Å². The molecule has 0 unspecified atom stereocenters. The fourth-order valence-corrected chi connectivity index (χ4v) is 2.57. The van der Waals surface area contributed by atoms with Crippen LogP contribution in [0.5, 0.6) is 0 Å². The molecule has 0 spiro atoms. The summed E-state index contributed by atoms with van der Waals surface area (Å²) in [5.41, 5.74) is 0.221. The molecule has 0 saturated heterocycles. The first-order valence-corrected chi connectivity index (χ1v) is 7.65. The molecule has 2 aromatic rings. The van der Waals surface area contributed by atoms with Crippen LogP contribution in [0.4, 0.5) is 4.39 Å². The van der Waals surface area contributed by atoms with Crippen molar-refractivity contribution in [2.75, 3.05) is 0 Å². The van der Waals surface area contributed by atoms with E-state index in [2.05, 4.69) is 0 Å². The van der Waals surface area contributed by atoms with Crippen molar-refractivity contribution < 1.29 is 51.7 Å². The standard InChI is InChI=1S/C15H10FNO4S.Na/c16-13-4-2-11(3-5-13)15(18)14-6-1-10(8-17)7-12(14)9-22(19,20)21;/h1-7H,9H2,(H,19,20,21);/q;+1/p-1. The van der Waals surface area contributed by atoms with Crippen molar-refractivity contribution in [1.29, 1.82) is 5.26 Å². The molecule has 112 valence electrons. The fraction of sp³-hybridized carbons (Fsp3) is 0.0667. The third-order valence-corrected chi connectivity index (χ3v) is 3.58. The van der Waals surface area contributed by atoms with Gasteiger partial charge in [0.2, 0.25) is 0 Å². The molecule has 8 heteroatoms. The number of rotatable bonds is 4. The second-order valence-corrected chi connectivity index (χ2v) is 5.93. The van der Waals surface area contributed by atoms with E-state index in [9.17, 15) is 22.2 Å². The van der Waals surface area contributed by atoms with E-state index in [0.717, 1.165) is 12.1 Å². The van der Waals surface area contributed by atoms with Crippen LogP contribution in [0.2, 0.25) is 0 Å². The fourth-order valence-electron chi connectivity index (χ4n) is 1.95. The van der Waals surface area contributed by atoms with E-state index in [-0.39, 0.29) is 51.8 Å². The molecular formula is C15H9FNNaO4S. The van der Waals surface area contributed by atoms with Crippen molar-refractivity contribution in [2.45, 2.75) is 5.75 Å². The van der Waals surface area contributed by atoms with Gasteiger partial charge in [-0.1, -0.05) is 0 Å². The van der Waals surface area contributed by atoms with E-state index in [1.54, 1.807) is 0 Å². The summed E-state index contributed by atoms with van der Waals surface area (Å²) < 4.78 is 45.8. The molecule has 0 aromatic heterocycles. The molecule has 0 aliphatic carbocycles. The van der Waals surface area contributed by atoms with Crippen LogP contribution >= 0.6 is 0 Å². The molecule has 5 nitrogen and oxygen atoms in total. The summed E-state index contributed by atoms with van der Waals surface area (Å²) >= 11 is 0. The number of nitrogens with zero attached hydrogens (tertiary/aromatic N) is 1. The normalized spacial score (nSPS) is 10.5. The van der Waals surface area contributed by atoms with Gasteiger partial charge in [0.1, 0.15) is 5.82 Å². The van der Waals surface area contributed by atoms with Crippen molar-refractivity contribution in [1.82, 2.24) is 0 Å². The Morgan fingerprint density at radius 3 is 2.30 bits per heavy atom. The zero-order valence-corrected chi connectivity index (χ0v) is 14.9. The van der Waals surface area contributed by atoms with Crippen molar-refractivity contribution >= 4 is 15.9 Å². The summed E-state index contributed by atoms with van der Waals surface area (Å²) in [6.45, 7) is 0. The van der Waals surface area contributed by atoms with Crippen LogP contribution < -0.4 is 29.6 Å². The van der Waals surface area contributed by atoms with E-state index in [4.69, 9.17) is 5.26 Å². The minimum Gasteiger partial charge on any atom is -0.748 e. The van der Waals surface area contributed by atoms with Crippen molar-refractivity contribution in [2.24, 2.45) is 0 Å². The molecule has 0 radical (unpaired) electrons. The number of nitriles is 1. The van der Waals surface area contributed by atoms with Crippen molar-refractivity contribution in [3.05, 3.63) is 70.5 Å². The predicted octanol–water partition coefficient (Wildman–Crippen LogP) is -1.02. The first kappa shape index (κ1) is 19.5. The van der Waals surface area contributed by atoms with Crippen LogP contribution in [0.15, 0.2) is 42.5 Å². The average molecular weight is 341 g/mol. The molecule has 0 bridgehead atoms. The van der Waals surface area contributed by atoms with Crippen molar-refractivity contribution in [3.8, 4) is 6.07 Å². The third-order valence-electron chi connectivity index (χ3n) is 2.92. The van der Waals surface area contributed by atoms with Gasteiger partial charge in [-0.15, -0.1) is 0 Å². The molecule has 2 aromatic carbocycles. The van der Waals surface area contributed by atoms with E-state index in [1.165, 1.54) is 30.3 Å². The van der Waals surface area contributed by atoms with E-state index in [0.29, 0.717) is 0 Å². The van der Waals surface area contributed by atoms with Gasteiger partial charge in [-0.05, 0) is 48.0 Å². The number of hydrogen-bond acceptors (Lipinski definition) is 5. The number of benzene rings is 2. The van der Waals surface area contributed by atoms with Gasteiger partial charge in [-0.2, -0.15) is 5.26 Å². The number of carbonyl (C=O) groups excluding carboxylic acids is 1. The Morgan fingerprint density at radius 1 is 1.17 bits per heavy atom. The minimum atomic E-state index is -4.62. The molecule has 0 aliphatic rings. The van der Waals surface area contributed by atoms with Crippen LogP contribution in [0, 0.1) is 17.1 Å². The molecule has 0 heterocycles. The maximum atomic E-state index is 12.9. The Hall–Kier alpha value is -1.56. The molecule has 0 aliphatic heterocycles. The van der Waals surface area contributed by atoms with E-state index < -0.39 is 27.5 Å². The van der Waals surface area contributed by atoms with Gasteiger partial charge in [0.05, 0.1) is 27.5 Å². The summed E-state index contributed by atoms with van der Waals surface area (Å²) in [7, 11) is -4.62. The van der Waals surface area contributed by atoms with Gasteiger partial charge >= 0.3 is 29.6 Å². The average Bonchev–Trinajstić information content (AvgIpc) is 2.45. The van der Waals surface area contributed by atoms with Gasteiger partial charge in [-0.25, -0.2) is 12.8 Å². The Labute approximate surface area is 154 Å². The van der Waals surface area contributed by atoms with Crippen molar-refractivity contribution in [3.63, 3.8) is 0 Å². The molecule has 23 heavy (non-hydrogen) atoms. The van der Waals surface area contributed by atoms with Crippen LogP contribution in [-0.2, 0) is 15.9 Å². The Bertz CT molecular complexity index is 873. The monoisotopic (exact) mass is 341 g/mol. The molecule has 0 N–H and O–H groups in total. The van der Waals surface area contributed by atoms with Gasteiger partial charge in [0.15, 0.2) is 5.78 Å². The first-order valence-electron chi connectivity index (χ1n) is 6.07. The number of hydrogen-bond donors (Lipinski definition) is 0. The maximum absolute atomic E-state index is 12.9. The summed E-state index contributed by atoms with van der Waals surface area (Å²) in [6.07, 6.45) is 0. The number of carbonyl (C=O) groups is 1. The predicted molar refractivity (Wildman–Crippen MR) is 74.4 cm³/mol. The molecule has 0 saturated carbocycles. The largest absolute Gasteiger partial charge is 1.00 e. The molecule has 0 fully saturated rings. The first-order chi connectivity index (χ1) is 10.3. The number of ketones is 1. The van der Waals surface area contributed by atoms with Crippen LogP contribution in [-0.4, -0.2) is 18.8 Å². The summed E-state index contributed by atoms with van der Waals surface area (Å²) in [5.74, 6) is -1.97. The molecule has 2 rings (SSSR count). The second-order valence-electron chi connectivity index (χ2n) is 4.52. The Kier molecular flexibility index (Phi) is 6.62. The zero-order chi connectivity index (χ0) is 16.3. The Morgan fingerprint density at radius 2 is 1.78 bits per heavy atom. The summed E-state index contributed by atoms with van der Waals surface area (Å²) in [5, 5.41) is 8.83. The molecular weight excluding hydrogens is 332 g/mol.